The smallest absolute Gasteiger partial charge is 0.339 e. The van der Waals surface area contributed by atoms with E-state index in [4.69, 9.17) is 23.7 Å². The van der Waals surface area contributed by atoms with Gasteiger partial charge in [-0.2, -0.15) is 0 Å². The molecule has 11 nitrogen and oxygen atoms in total. The minimum atomic E-state index is -1.21. The molecule has 3 aromatic rings. The summed E-state index contributed by atoms with van der Waals surface area (Å²) in [6.07, 6.45) is 0.928. The average molecular weight is 569 g/mol. The first-order valence-electron chi connectivity index (χ1n) is 12.5. The van der Waals surface area contributed by atoms with Gasteiger partial charge in [0.15, 0.2) is 11.5 Å². The Hall–Kier alpha value is -4.93. The molecule has 11 heteroatoms. The topological polar surface area (TPSA) is 158 Å². The number of rotatable bonds is 14. The molecular formula is C30H32O11. The molecule has 3 aromatic carbocycles. The van der Waals surface area contributed by atoms with Gasteiger partial charge in [0.2, 0.25) is 5.75 Å². The second-order valence-corrected chi connectivity index (χ2v) is 8.92. The number of carboxylic acids is 3. The number of benzene rings is 3. The first kappa shape index (κ1) is 30.6. The maximum absolute atomic E-state index is 12.7. The summed E-state index contributed by atoms with van der Waals surface area (Å²) in [5.74, 6) is -2.49. The van der Waals surface area contributed by atoms with Crippen molar-refractivity contribution in [1.82, 2.24) is 0 Å². The standard InChI is InChI=1S/C30H32O11/c1-37-22-12-8-16(14-20(22)28(31)32)6-10-18-24(30(35)36)19(26(40-4)27(41-5)25(18)39-3)11-7-17-9-13-23(38-2)21(15-17)29(33)34/h8-9,12-15H,6-7,10-11H2,1-5H3,(H,31,32)(H,33,34)(H,35,36). The number of methoxy groups -OCH3 is 5. The third-order valence-corrected chi connectivity index (χ3v) is 6.71. The van der Waals surface area contributed by atoms with Crippen LogP contribution in [0.4, 0.5) is 0 Å². The van der Waals surface area contributed by atoms with Crippen LogP contribution in [0, 0.1) is 0 Å². The van der Waals surface area contributed by atoms with Crippen molar-refractivity contribution in [3.05, 3.63) is 75.3 Å². The van der Waals surface area contributed by atoms with Gasteiger partial charge in [-0.15, -0.1) is 0 Å². The van der Waals surface area contributed by atoms with E-state index in [2.05, 4.69) is 0 Å². The third kappa shape index (κ3) is 6.46. The van der Waals surface area contributed by atoms with Crippen LogP contribution in [-0.4, -0.2) is 68.8 Å². The highest BCUT2D eigenvalue weighted by atomic mass is 16.5. The molecular weight excluding hydrogens is 536 g/mol. The second-order valence-electron chi connectivity index (χ2n) is 8.92. The van der Waals surface area contributed by atoms with Crippen LogP contribution in [0.5, 0.6) is 28.7 Å². The molecule has 0 bridgehead atoms. The Kier molecular flexibility index (Phi) is 10.0. The Morgan fingerprint density at radius 3 is 1.22 bits per heavy atom. The van der Waals surface area contributed by atoms with Crippen molar-refractivity contribution in [3.8, 4) is 28.7 Å². The van der Waals surface area contributed by atoms with Crippen LogP contribution in [0.1, 0.15) is 53.3 Å². The molecule has 0 saturated carbocycles. The highest BCUT2D eigenvalue weighted by Gasteiger charge is 2.30. The lowest BCUT2D eigenvalue weighted by Gasteiger charge is -2.23. The zero-order valence-electron chi connectivity index (χ0n) is 23.4. The van der Waals surface area contributed by atoms with Crippen LogP contribution in [-0.2, 0) is 25.7 Å². The van der Waals surface area contributed by atoms with Gasteiger partial charge in [0, 0.05) is 11.1 Å². The summed E-state index contributed by atoms with van der Waals surface area (Å²) >= 11 is 0. The fourth-order valence-corrected chi connectivity index (χ4v) is 4.83. The lowest BCUT2D eigenvalue weighted by molar-refractivity contribution is 0.0682. The summed E-state index contributed by atoms with van der Waals surface area (Å²) < 4.78 is 27.1. The van der Waals surface area contributed by atoms with E-state index in [0.29, 0.717) is 22.3 Å². The number of hydrogen-bond acceptors (Lipinski definition) is 8. The van der Waals surface area contributed by atoms with E-state index in [1.807, 2.05) is 0 Å². The quantitative estimate of drug-likeness (QED) is 0.253. The Morgan fingerprint density at radius 1 is 0.537 bits per heavy atom. The lowest BCUT2D eigenvalue weighted by atomic mass is 9.90. The lowest BCUT2D eigenvalue weighted by Crippen LogP contribution is -2.14. The summed E-state index contributed by atoms with van der Waals surface area (Å²) in [5, 5.41) is 29.5. The van der Waals surface area contributed by atoms with Crippen LogP contribution in [0.15, 0.2) is 36.4 Å². The van der Waals surface area contributed by atoms with Crippen LogP contribution >= 0.6 is 0 Å². The zero-order valence-corrected chi connectivity index (χ0v) is 23.4. The largest absolute Gasteiger partial charge is 0.496 e. The Morgan fingerprint density at radius 2 is 0.927 bits per heavy atom. The average Bonchev–Trinajstić information content (AvgIpc) is 2.97. The summed E-state index contributed by atoms with van der Waals surface area (Å²) in [6, 6.07) is 9.49. The van der Waals surface area contributed by atoms with E-state index >= 15 is 0 Å². The molecule has 0 aliphatic carbocycles. The van der Waals surface area contributed by atoms with Crippen molar-refractivity contribution >= 4 is 17.9 Å². The van der Waals surface area contributed by atoms with Gasteiger partial charge in [0.25, 0.3) is 0 Å². The molecule has 0 fully saturated rings. The fraction of sp³-hybridized carbons (Fsp3) is 0.300. The van der Waals surface area contributed by atoms with Gasteiger partial charge >= 0.3 is 17.9 Å². The van der Waals surface area contributed by atoms with Crippen LogP contribution in [0.3, 0.4) is 0 Å². The van der Waals surface area contributed by atoms with Gasteiger partial charge in [-0.1, -0.05) is 12.1 Å². The van der Waals surface area contributed by atoms with Crippen molar-refractivity contribution in [3.63, 3.8) is 0 Å². The molecule has 3 rings (SSSR count). The van der Waals surface area contributed by atoms with Crippen LogP contribution in [0.25, 0.3) is 0 Å². The molecule has 0 spiro atoms. The fourth-order valence-electron chi connectivity index (χ4n) is 4.83. The van der Waals surface area contributed by atoms with Crippen molar-refractivity contribution in [2.24, 2.45) is 0 Å². The summed E-state index contributed by atoms with van der Waals surface area (Å²) in [7, 11) is 6.97. The minimum Gasteiger partial charge on any atom is -0.496 e. The molecule has 0 aliphatic heterocycles. The second kappa shape index (κ2) is 13.4. The number of ether oxygens (including phenoxy) is 5. The van der Waals surface area contributed by atoms with Gasteiger partial charge in [0.05, 0.1) is 41.1 Å². The molecule has 0 radical (unpaired) electrons. The van der Waals surface area contributed by atoms with Crippen molar-refractivity contribution in [1.29, 1.82) is 0 Å². The Labute approximate surface area is 236 Å². The Balaban J connectivity index is 2.11. The van der Waals surface area contributed by atoms with Gasteiger partial charge in [-0.3, -0.25) is 0 Å². The first-order chi connectivity index (χ1) is 19.6. The van der Waals surface area contributed by atoms with Gasteiger partial charge in [0.1, 0.15) is 22.6 Å². The minimum absolute atomic E-state index is 0.0105. The normalized spacial score (nSPS) is 10.6. The number of carbonyl (C=O) groups is 3. The highest BCUT2D eigenvalue weighted by Crippen LogP contribution is 2.46. The van der Waals surface area contributed by atoms with E-state index in [0.717, 1.165) is 0 Å². The summed E-state index contributed by atoms with van der Waals surface area (Å²) in [5.41, 5.74) is 1.95. The molecule has 0 unspecified atom stereocenters. The molecule has 0 atom stereocenters. The molecule has 3 N–H and O–H groups in total. The van der Waals surface area contributed by atoms with Crippen LogP contribution in [0.2, 0.25) is 0 Å². The zero-order chi connectivity index (χ0) is 30.3. The van der Waals surface area contributed by atoms with E-state index in [9.17, 15) is 29.7 Å². The number of aromatic carboxylic acids is 3. The number of hydrogen-bond donors (Lipinski definition) is 3. The number of aryl methyl sites for hydroxylation is 2. The summed E-state index contributed by atoms with van der Waals surface area (Å²) in [4.78, 5) is 36.1. The van der Waals surface area contributed by atoms with E-state index in [-0.39, 0.29) is 71.1 Å². The van der Waals surface area contributed by atoms with Gasteiger partial charge in [-0.05, 0) is 61.1 Å². The highest BCUT2D eigenvalue weighted by molar-refractivity contribution is 5.95. The van der Waals surface area contributed by atoms with E-state index < -0.39 is 17.9 Å². The van der Waals surface area contributed by atoms with Crippen molar-refractivity contribution in [2.45, 2.75) is 25.7 Å². The number of carboxylic acid groups (broad SMARTS) is 3. The van der Waals surface area contributed by atoms with Crippen LogP contribution < -0.4 is 23.7 Å². The predicted octanol–water partition coefficient (Wildman–Crippen LogP) is 4.39. The third-order valence-electron chi connectivity index (χ3n) is 6.71. The van der Waals surface area contributed by atoms with Gasteiger partial charge in [-0.25, -0.2) is 14.4 Å². The maximum atomic E-state index is 12.7. The molecule has 0 saturated heterocycles. The molecule has 218 valence electrons. The van der Waals surface area contributed by atoms with E-state index in [1.165, 1.54) is 47.7 Å². The monoisotopic (exact) mass is 568 g/mol. The molecule has 0 amide bonds. The predicted molar refractivity (Wildman–Crippen MR) is 148 cm³/mol. The molecule has 0 aromatic heterocycles. The molecule has 41 heavy (non-hydrogen) atoms. The summed E-state index contributed by atoms with van der Waals surface area (Å²) in [6.45, 7) is 0. The SMILES string of the molecule is COc1ccc(CCc2c(OC)c(OC)c(OC)c(CCc3ccc(OC)c(C(=O)O)c3)c2C(=O)O)cc1C(=O)O. The molecule has 0 heterocycles. The Bertz CT molecular complexity index is 1360. The van der Waals surface area contributed by atoms with Gasteiger partial charge < -0.3 is 39.0 Å². The van der Waals surface area contributed by atoms with E-state index in [1.54, 1.807) is 24.3 Å². The van der Waals surface area contributed by atoms with Crippen molar-refractivity contribution < 1.29 is 53.4 Å². The van der Waals surface area contributed by atoms with Crippen molar-refractivity contribution in [2.75, 3.05) is 35.5 Å². The first-order valence-corrected chi connectivity index (χ1v) is 12.5. The maximum Gasteiger partial charge on any atom is 0.339 e. The molecule has 0 aliphatic rings.